The molecule has 2 aromatic rings. The third-order valence-electron chi connectivity index (χ3n) is 4.46. The highest BCUT2D eigenvalue weighted by atomic mass is 79.9. The van der Waals surface area contributed by atoms with E-state index in [4.69, 9.17) is 0 Å². The van der Waals surface area contributed by atoms with Crippen LogP contribution in [0.5, 0.6) is 0 Å². The molecule has 2 aromatic carbocycles. The van der Waals surface area contributed by atoms with Crippen LogP contribution in [0.2, 0.25) is 0 Å². The van der Waals surface area contributed by atoms with E-state index in [2.05, 4.69) is 15.9 Å². The van der Waals surface area contributed by atoms with E-state index in [-0.39, 0.29) is 28.6 Å². The minimum Gasteiger partial charge on any atom is -0.374 e. The zero-order chi connectivity index (χ0) is 19.0. The molecule has 132 valence electrons. The summed E-state index contributed by atoms with van der Waals surface area (Å²) in [6, 6.07) is 14.0. The van der Waals surface area contributed by atoms with E-state index in [1.807, 2.05) is 18.2 Å². The Kier molecular flexibility index (Phi) is 4.92. The van der Waals surface area contributed by atoms with Crippen LogP contribution in [-0.2, 0) is 4.79 Å². The fraction of sp³-hybridized carbons (Fsp3) is 0.190. The topological polar surface area (TPSA) is 54.5 Å². The summed E-state index contributed by atoms with van der Waals surface area (Å²) in [5.74, 6) is -1.49. The maximum atomic E-state index is 13.3. The lowest BCUT2D eigenvalue weighted by molar-refractivity contribution is -0.117. The van der Waals surface area contributed by atoms with Gasteiger partial charge in [-0.25, -0.2) is 0 Å². The number of fused-ring (bicyclic) bond motifs is 1. The van der Waals surface area contributed by atoms with Gasteiger partial charge in [0.25, 0.3) is 0 Å². The van der Waals surface area contributed by atoms with Crippen molar-refractivity contribution >= 4 is 33.3 Å². The first-order valence-electron chi connectivity index (χ1n) is 8.18. The van der Waals surface area contributed by atoms with Gasteiger partial charge in [-0.15, -0.1) is 0 Å². The highest BCUT2D eigenvalue weighted by Gasteiger charge is 2.39. The van der Waals surface area contributed by atoms with E-state index < -0.39 is 5.92 Å². The second kappa shape index (κ2) is 7.00. The Morgan fingerprint density at radius 3 is 2.12 bits per heavy atom. The van der Waals surface area contributed by atoms with Crippen molar-refractivity contribution in [2.24, 2.45) is 0 Å². The van der Waals surface area contributed by atoms with Crippen LogP contribution in [0.15, 0.2) is 64.3 Å². The number of rotatable bonds is 4. The molecular formula is C21H18BrNO3. The highest BCUT2D eigenvalue weighted by Crippen LogP contribution is 2.37. The summed E-state index contributed by atoms with van der Waals surface area (Å²) >= 11 is 3.41. The number of likely N-dealkylation sites (N-methyl/N-ethyl adjacent to an activating group) is 1. The minimum absolute atomic E-state index is 0.182. The molecular weight excluding hydrogens is 394 g/mol. The van der Waals surface area contributed by atoms with Gasteiger partial charge in [0.1, 0.15) is 5.78 Å². The molecule has 1 unspecified atom stereocenters. The van der Waals surface area contributed by atoms with Crippen LogP contribution < -0.4 is 0 Å². The summed E-state index contributed by atoms with van der Waals surface area (Å²) in [7, 11) is 3.43. The predicted molar refractivity (Wildman–Crippen MR) is 103 cm³/mol. The summed E-state index contributed by atoms with van der Waals surface area (Å²) in [5, 5.41) is 0. The van der Waals surface area contributed by atoms with Crippen molar-refractivity contribution in [3.05, 3.63) is 81.0 Å². The van der Waals surface area contributed by atoms with Gasteiger partial charge >= 0.3 is 0 Å². The van der Waals surface area contributed by atoms with E-state index in [0.29, 0.717) is 16.7 Å². The van der Waals surface area contributed by atoms with E-state index in [1.54, 1.807) is 49.3 Å². The second-order valence-electron chi connectivity index (χ2n) is 6.46. The molecule has 0 radical (unpaired) electrons. The van der Waals surface area contributed by atoms with E-state index in [0.717, 1.165) is 4.47 Å². The van der Waals surface area contributed by atoms with Crippen molar-refractivity contribution in [3.8, 4) is 0 Å². The maximum Gasteiger partial charge on any atom is 0.210 e. The third-order valence-corrected chi connectivity index (χ3v) is 4.95. The minimum atomic E-state index is -0.797. The van der Waals surface area contributed by atoms with Gasteiger partial charge in [-0.2, -0.15) is 0 Å². The van der Waals surface area contributed by atoms with Gasteiger partial charge in [0.05, 0.1) is 11.6 Å². The standard InChI is InChI=1S/C21H18BrNO3/c1-12(24)17(13-7-6-8-14(22)11-13)18-19(23(2)3)21(26)16-10-5-4-9-15(16)20(18)25/h4-11,17H,1-3H3. The van der Waals surface area contributed by atoms with Crippen LogP contribution in [0.1, 0.15) is 39.1 Å². The molecule has 3 rings (SSSR count). The van der Waals surface area contributed by atoms with Crippen LogP contribution in [0.4, 0.5) is 0 Å². The number of hydrogen-bond donors (Lipinski definition) is 0. The quantitative estimate of drug-likeness (QED) is 0.762. The number of ketones is 3. The summed E-state index contributed by atoms with van der Waals surface area (Å²) in [5.41, 5.74) is 1.92. The summed E-state index contributed by atoms with van der Waals surface area (Å²) < 4.78 is 0.809. The van der Waals surface area contributed by atoms with Gasteiger partial charge in [-0.1, -0.05) is 52.3 Å². The van der Waals surface area contributed by atoms with Gasteiger partial charge in [-0.05, 0) is 24.6 Å². The monoisotopic (exact) mass is 411 g/mol. The van der Waals surface area contributed by atoms with Gasteiger partial charge in [0.15, 0.2) is 5.78 Å². The number of hydrogen-bond acceptors (Lipinski definition) is 4. The first kappa shape index (κ1) is 18.3. The zero-order valence-electron chi connectivity index (χ0n) is 14.7. The molecule has 1 aliphatic carbocycles. The number of halogens is 1. The first-order valence-corrected chi connectivity index (χ1v) is 8.98. The fourth-order valence-electron chi connectivity index (χ4n) is 3.38. The smallest absolute Gasteiger partial charge is 0.210 e. The average Bonchev–Trinajstić information content (AvgIpc) is 2.59. The van der Waals surface area contributed by atoms with Crippen LogP contribution >= 0.6 is 15.9 Å². The van der Waals surface area contributed by atoms with Crippen LogP contribution in [0, 0.1) is 0 Å². The number of allylic oxidation sites excluding steroid dienone is 2. The molecule has 0 bridgehead atoms. The summed E-state index contributed by atoms with van der Waals surface area (Å²) in [6.07, 6.45) is 0. The zero-order valence-corrected chi connectivity index (χ0v) is 16.3. The second-order valence-corrected chi connectivity index (χ2v) is 7.37. The van der Waals surface area contributed by atoms with E-state index in [1.165, 1.54) is 6.92 Å². The van der Waals surface area contributed by atoms with Crippen LogP contribution in [0.3, 0.4) is 0 Å². The molecule has 0 amide bonds. The Labute approximate surface area is 160 Å². The van der Waals surface area contributed by atoms with E-state index >= 15 is 0 Å². The molecule has 0 saturated heterocycles. The Morgan fingerprint density at radius 2 is 1.58 bits per heavy atom. The molecule has 1 atom stereocenters. The highest BCUT2D eigenvalue weighted by molar-refractivity contribution is 9.10. The molecule has 26 heavy (non-hydrogen) atoms. The molecule has 4 nitrogen and oxygen atoms in total. The normalized spacial score (nSPS) is 14.9. The largest absolute Gasteiger partial charge is 0.374 e. The lowest BCUT2D eigenvalue weighted by atomic mass is 9.77. The summed E-state index contributed by atoms with van der Waals surface area (Å²) in [4.78, 5) is 40.5. The molecule has 0 spiro atoms. The molecule has 0 heterocycles. The van der Waals surface area contributed by atoms with Gasteiger partial charge in [0.2, 0.25) is 5.78 Å². The number of carbonyl (C=O) groups excluding carboxylic acids is 3. The lowest BCUT2D eigenvalue weighted by Gasteiger charge is -2.29. The van der Waals surface area contributed by atoms with Crippen molar-refractivity contribution < 1.29 is 14.4 Å². The van der Waals surface area contributed by atoms with Crippen molar-refractivity contribution in [2.45, 2.75) is 12.8 Å². The Balaban J connectivity index is 2.30. The van der Waals surface area contributed by atoms with Crippen molar-refractivity contribution in [1.29, 1.82) is 0 Å². The number of carbonyl (C=O) groups is 3. The Bertz CT molecular complexity index is 959. The van der Waals surface area contributed by atoms with Crippen molar-refractivity contribution in [2.75, 3.05) is 14.1 Å². The first-order chi connectivity index (χ1) is 12.3. The van der Waals surface area contributed by atoms with Gasteiger partial charge in [-0.3, -0.25) is 14.4 Å². The SMILES string of the molecule is CC(=O)C(C1=C(N(C)C)C(=O)c2ccccc2C1=O)c1cccc(Br)c1. The Morgan fingerprint density at radius 1 is 0.962 bits per heavy atom. The fourth-order valence-corrected chi connectivity index (χ4v) is 3.80. The molecule has 0 aliphatic heterocycles. The third kappa shape index (κ3) is 3.03. The van der Waals surface area contributed by atoms with Crippen molar-refractivity contribution in [3.63, 3.8) is 0 Å². The molecule has 1 aliphatic rings. The average molecular weight is 412 g/mol. The predicted octanol–water partition coefficient (Wildman–Crippen LogP) is 4.02. The molecule has 0 saturated carbocycles. The van der Waals surface area contributed by atoms with E-state index in [9.17, 15) is 14.4 Å². The number of nitrogens with zero attached hydrogens (tertiary/aromatic N) is 1. The molecule has 0 N–H and O–H groups in total. The maximum absolute atomic E-state index is 13.3. The molecule has 0 aromatic heterocycles. The van der Waals surface area contributed by atoms with Crippen LogP contribution in [0.25, 0.3) is 0 Å². The van der Waals surface area contributed by atoms with Crippen molar-refractivity contribution in [1.82, 2.24) is 4.90 Å². The molecule has 5 heteroatoms. The number of benzene rings is 2. The van der Waals surface area contributed by atoms with Crippen LogP contribution in [-0.4, -0.2) is 36.3 Å². The van der Waals surface area contributed by atoms with Gasteiger partial charge in [0, 0.05) is 35.3 Å². The van der Waals surface area contributed by atoms with Gasteiger partial charge < -0.3 is 4.90 Å². The molecule has 0 fully saturated rings. The lowest BCUT2D eigenvalue weighted by Crippen LogP contribution is -2.33. The Hall–Kier alpha value is -2.53. The summed E-state index contributed by atoms with van der Waals surface area (Å²) in [6.45, 7) is 1.45. The number of Topliss-reactive ketones (excluding diaryl/α,β-unsaturated/α-hetero) is 3.